The van der Waals surface area contributed by atoms with Crippen LogP contribution in [0.15, 0.2) is 30.5 Å². The second-order valence-electron chi connectivity index (χ2n) is 5.94. The van der Waals surface area contributed by atoms with E-state index >= 15 is 0 Å². The third-order valence-electron chi connectivity index (χ3n) is 4.33. The summed E-state index contributed by atoms with van der Waals surface area (Å²) in [5, 5.41) is 17.8. The van der Waals surface area contributed by atoms with Crippen LogP contribution in [0.4, 0.5) is 0 Å². The molecule has 1 saturated heterocycles. The summed E-state index contributed by atoms with van der Waals surface area (Å²) in [6.07, 6.45) is 0.941. The van der Waals surface area contributed by atoms with Gasteiger partial charge in [0.05, 0.1) is 26.0 Å². The van der Waals surface area contributed by atoms with Crippen molar-refractivity contribution in [1.82, 2.24) is 19.9 Å². The van der Waals surface area contributed by atoms with Crippen molar-refractivity contribution in [3.63, 3.8) is 0 Å². The van der Waals surface area contributed by atoms with Gasteiger partial charge in [-0.05, 0) is 6.07 Å². The topological polar surface area (TPSA) is 89.7 Å². The quantitative estimate of drug-likeness (QED) is 0.849. The fourth-order valence-electron chi connectivity index (χ4n) is 2.98. The summed E-state index contributed by atoms with van der Waals surface area (Å²) in [6, 6.07) is 7.39. The Kier molecular flexibility index (Phi) is 3.91. The number of aromatic nitrogens is 3. The zero-order valence-electron chi connectivity index (χ0n) is 13.0. The average molecular weight is 330 g/mol. The number of aliphatic hydroxyl groups excluding tert-OH is 1. The van der Waals surface area contributed by atoms with Gasteiger partial charge in [-0.1, -0.05) is 23.4 Å². The number of benzene rings is 1. The molecule has 8 nitrogen and oxygen atoms in total. The molecule has 2 aromatic rings. The summed E-state index contributed by atoms with van der Waals surface area (Å²) in [7, 11) is 0. The van der Waals surface area contributed by atoms with Crippen LogP contribution in [0.5, 0.6) is 5.75 Å². The Balaban J connectivity index is 1.53. The molecule has 0 spiro atoms. The Bertz CT molecular complexity index is 747. The lowest BCUT2D eigenvalue weighted by Gasteiger charge is -2.18. The van der Waals surface area contributed by atoms with Gasteiger partial charge in [0, 0.05) is 12.1 Å². The predicted molar refractivity (Wildman–Crippen MR) is 82.6 cm³/mol. The monoisotopic (exact) mass is 330 g/mol. The smallest absolute Gasteiger partial charge is 0.276 e. The summed E-state index contributed by atoms with van der Waals surface area (Å²) in [4.78, 5) is 14.4. The van der Waals surface area contributed by atoms with Gasteiger partial charge in [0.15, 0.2) is 5.69 Å². The van der Waals surface area contributed by atoms with Crippen molar-refractivity contribution in [3.05, 3.63) is 41.7 Å². The second kappa shape index (κ2) is 6.21. The SMILES string of the molecule is O=C(c1cn([C@@H]2COC[C@H]2O)nn1)N1CCOc2ccccc2C1. The molecule has 0 saturated carbocycles. The molecule has 126 valence electrons. The first kappa shape index (κ1) is 15.1. The highest BCUT2D eigenvalue weighted by Crippen LogP contribution is 2.23. The van der Waals surface area contributed by atoms with Gasteiger partial charge in [-0.15, -0.1) is 5.10 Å². The van der Waals surface area contributed by atoms with Crippen LogP contribution in [0.25, 0.3) is 0 Å². The van der Waals surface area contributed by atoms with Crippen molar-refractivity contribution in [2.75, 3.05) is 26.4 Å². The van der Waals surface area contributed by atoms with Crippen LogP contribution in [0.3, 0.4) is 0 Å². The first-order valence-electron chi connectivity index (χ1n) is 7.90. The number of hydrogen-bond donors (Lipinski definition) is 1. The molecule has 2 atom stereocenters. The van der Waals surface area contributed by atoms with E-state index in [0.29, 0.717) is 26.3 Å². The first-order valence-corrected chi connectivity index (χ1v) is 7.90. The van der Waals surface area contributed by atoms with Crippen LogP contribution >= 0.6 is 0 Å². The summed E-state index contributed by atoms with van der Waals surface area (Å²) in [5.74, 6) is 0.609. The van der Waals surface area contributed by atoms with Crippen molar-refractivity contribution in [2.24, 2.45) is 0 Å². The maximum Gasteiger partial charge on any atom is 0.276 e. The zero-order chi connectivity index (χ0) is 16.5. The summed E-state index contributed by atoms with van der Waals surface area (Å²) in [6.45, 7) is 2.02. The fraction of sp³-hybridized carbons (Fsp3) is 0.438. The number of carbonyl (C=O) groups is 1. The average Bonchev–Trinajstić information content (AvgIpc) is 3.17. The van der Waals surface area contributed by atoms with Crippen LogP contribution in [0.2, 0.25) is 0 Å². The lowest BCUT2D eigenvalue weighted by atomic mass is 10.2. The maximum absolute atomic E-state index is 12.7. The molecule has 2 aliphatic rings. The fourth-order valence-corrected chi connectivity index (χ4v) is 2.98. The predicted octanol–water partition coefficient (Wildman–Crippen LogP) is 0.245. The van der Waals surface area contributed by atoms with E-state index in [2.05, 4.69) is 10.3 Å². The molecule has 24 heavy (non-hydrogen) atoms. The van der Waals surface area contributed by atoms with Gasteiger partial charge in [0.2, 0.25) is 0 Å². The highest BCUT2D eigenvalue weighted by Gasteiger charge is 2.30. The van der Waals surface area contributed by atoms with Crippen molar-refractivity contribution < 1.29 is 19.4 Å². The molecule has 0 radical (unpaired) electrons. The largest absolute Gasteiger partial charge is 0.491 e. The molecule has 0 unspecified atom stereocenters. The minimum Gasteiger partial charge on any atom is -0.491 e. The number of para-hydroxylation sites is 1. The van der Waals surface area contributed by atoms with Crippen LogP contribution in [0, 0.1) is 0 Å². The number of aliphatic hydroxyl groups is 1. The Morgan fingerprint density at radius 3 is 3.00 bits per heavy atom. The van der Waals surface area contributed by atoms with Crippen LogP contribution in [0.1, 0.15) is 22.1 Å². The maximum atomic E-state index is 12.7. The molecule has 0 bridgehead atoms. The molecule has 8 heteroatoms. The normalized spacial score (nSPS) is 23.5. The molecule has 1 amide bonds. The number of ether oxygens (including phenoxy) is 2. The van der Waals surface area contributed by atoms with E-state index in [1.54, 1.807) is 11.1 Å². The molecule has 0 aliphatic carbocycles. The van der Waals surface area contributed by atoms with Crippen LogP contribution in [-0.2, 0) is 11.3 Å². The third kappa shape index (κ3) is 2.74. The van der Waals surface area contributed by atoms with E-state index < -0.39 is 6.10 Å². The number of fused-ring (bicyclic) bond motifs is 1. The van der Waals surface area contributed by atoms with Gasteiger partial charge in [-0.25, -0.2) is 4.68 Å². The number of hydrogen-bond acceptors (Lipinski definition) is 6. The number of amides is 1. The number of nitrogens with zero attached hydrogens (tertiary/aromatic N) is 4. The molecule has 4 rings (SSSR count). The van der Waals surface area contributed by atoms with E-state index in [1.807, 2.05) is 24.3 Å². The second-order valence-corrected chi connectivity index (χ2v) is 5.94. The van der Waals surface area contributed by atoms with Gasteiger partial charge in [-0.3, -0.25) is 4.79 Å². The van der Waals surface area contributed by atoms with E-state index in [9.17, 15) is 9.90 Å². The van der Waals surface area contributed by atoms with Crippen molar-refractivity contribution in [1.29, 1.82) is 0 Å². The van der Waals surface area contributed by atoms with Crippen LogP contribution < -0.4 is 4.74 Å². The number of rotatable bonds is 2. The summed E-state index contributed by atoms with van der Waals surface area (Å²) >= 11 is 0. The zero-order valence-corrected chi connectivity index (χ0v) is 13.0. The van der Waals surface area contributed by atoms with Crippen molar-refractivity contribution in [3.8, 4) is 5.75 Å². The third-order valence-corrected chi connectivity index (χ3v) is 4.33. The minimum atomic E-state index is -0.631. The number of carbonyl (C=O) groups excluding carboxylic acids is 1. The van der Waals surface area contributed by atoms with Crippen molar-refractivity contribution in [2.45, 2.75) is 18.7 Å². The summed E-state index contributed by atoms with van der Waals surface area (Å²) < 4.78 is 12.4. The lowest BCUT2D eigenvalue weighted by Crippen LogP contribution is -2.32. The molecule has 1 fully saturated rings. The molecule has 2 aliphatic heterocycles. The van der Waals surface area contributed by atoms with Gasteiger partial charge in [0.25, 0.3) is 5.91 Å². The molecular formula is C16H18N4O4. The Morgan fingerprint density at radius 2 is 2.17 bits per heavy atom. The van der Waals surface area contributed by atoms with E-state index in [1.165, 1.54) is 4.68 Å². The van der Waals surface area contributed by atoms with Gasteiger partial charge >= 0.3 is 0 Å². The Morgan fingerprint density at radius 1 is 1.29 bits per heavy atom. The van der Waals surface area contributed by atoms with E-state index in [4.69, 9.17) is 9.47 Å². The Hall–Kier alpha value is -2.45. The van der Waals surface area contributed by atoms with Crippen LogP contribution in [-0.4, -0.2) is 63.4 Å². The van der Waals surface area contributed by atoms with Gasteiger partial charge in [0.1, 0.15) is 24.5 Å². The minimum absolute atomic E-state index is 0.199. The highest BCUT2D eigenvalue weighted by molar-refractivity contribution is 5.92. The first-order chi connectivity index (χ1) is 11.7. The molecule has 1 aromatic heterocycles. The molecule has 1 N–H and O–H groups in total. The molecule has 3 heterocycles. The molecular weight excluding hydrogens is 312 g/mol. The highest BCUT2D eigenvalue weighted by atomic mass is 16.5. The van der Waals surface area contributed by atoms with E-state index in [0.717, 1.165) is 11.3 Å². The Labute approximate surface area is 138 Å². The standard InChI is InChI=1S/C16H18N4O4/c21-14-10-23-9-13(14)20-8-12(17-18-20)16(22)19-5-6-24-15-4-2-1-3-11(15)7-19/h1-4,8,13-14,21H,5-7,9-10H2/t13-,14-/m1/s1. The van der Waals surface area contributed by atoms with Gasteiger partial charge < -0.3 is 19.5 Å². The lowest BCUT2D eigenvalue weighted by molar-refractivity contribution is 0.0727. The van der Waals surface area contributed by atoms with Crippen molar-refractivity contribution >= 4 is 5.91 Å². The van der Waals surface area contributed by atoms with E-state index in [-0.39, 0.29) is 24.2 Å². The molecule has 1 aromatic carbocycles. The van der Waals surface area contributed by atoms with Gasteiger partial charge in [-0.2, -0.15) is 0 Å². The summed E-state index contributed by atoms with van der Waals surface area (Å²) in [5.41, 5.74) is 1.23.